The van der Waals surface area contributed by atoms with Gasteiger partial charge in [0.05, 0.1) is 6.54 Å². The van der Waals surface area contributed by atoms with Crippen LogP contribution in [0.1, 0.15) is 31.2 Å². The van der Waals surface area contributed by atoms with E-state index in [-0.39, 0.29) is 35.3 Å². The van der Waals surface area contributed by atoms with Crippen molar-refractivity contribution in [1.29, 1.82) is 0 Å². The van der Waals surface area contributed by atoms with Gasteiger partial charge in [-0.15, -0.1) is 24.0 Å². The van der Waals surface area contributed by atoms with E-state index in [2.05, 4.69) is 60.7 Å². The van der Waals surface area contributed by atoms with Crippen LogP contribution in [0.4, 0.5) is 0 Å². The Bertz CT molecular complexity index is 672. The summed E-state index contributed by atoms with van der Waals surface area (Å²) in [5.41, 5.74) is 6.89. The Balaban J connectivity index is 0.00000261. The normalized spacial score (nSPS) is 19.9. The molecule has 0 bridgehead atoms. The number of primary amides is 1. The summed E-state index contributed by atoms with van der Waals surface area (Å²) < 4.78 is 1.13. The number of aliphatic imine (C=N–C) groups is 1. The van der Waals surface area contributed by atoms with E-state index in [1.807, 2.05) is 7.05 Å². The van der Waals surface area contributed by atoms with Crippen molar-refractivity contribution in [3.05, 3.63) is 34.3 Å². The van der Waals surface area contributed by atoms with Gasteiger partial charge < -0.3 is 16.4 Å². The molecule has 1 aliphatic carbocycles. The average molecular weight is 550 g/mol. The van der Waals surface area contributed by atoms with Crippen LogP contribution in [-0.4, -0.2) is 56.0 Å². The zero-order valence-corrected chi connectivity index (χ0v) is 19.6. The summed E-state index contributed by atoms with van der Waals surface area (Å²) in [6.45, 7) is 3.03. The number of benzene rings is 1. The fraction of sp³-hybridized carbons (Fsp3) is 0.579. The van der Waals surface area contributed by atoms with Gasteiger partial charge >= 0.3 is 0 Å². The lowest BCUT2D eigenvalue weighted by Crippen LogP contribution is -2.50. The minimum absolute atomic E-state index is 0. The molecule has 0 aromatic heterocycles. The molecule has 150 valence electrons. The lowest BCUT2D eigenvalue weighted by Gasteiger charge is -2.32. The maximum atomic E-state index is 11.0. The Morgan fingerprint density at radius 3 is 2.63 bits per heavy atom. The van der Waals surface area contributed by atoms with Crippen molar-refractivity contribution < 1.29 is 4.79 Å². The molecule has 0 atom stereocenters. The lowest BCUT2D eigenvalue weighted by molar-refractivity contribution is -0.119. The number of nitrogens with two attached hydrogens (primary N) is 1. The van der Waals surface area contributed by atoms with E-state index in [0.717, 1.165) is 42.9 Å². The molecule has 6 nitrogen and oxygen atoms in total. The minimum Gasteiger partial charge on any atom is -0.369 e. The topological polar surface area (TPSA) is 82.8 Å². The highest BCUT2D eigenvalue weighted by Gasteiger charge is 2.44. The smallest absolute Gasteiger partial charge is 0.231 e. The lowest BCUT2D eigenvalue weighted by atomic mass is 9.96. The predicted octanol–water partition coefficient (Wildman–Crippen LogP) is 2.21. The van der Waals surface area contributed by atoms with Crippen molar-refractivity contribution in [3.8, 4) is 0 Å². The molecule has 0 unspecified atom stereocenters. The van der Waals surface area contributed by atoms with Gasteiger partial charge in [-0.2, -0.15) is 0 Å². The van der Waals surface area contributed by atoms with E-state index in [4.69, 9.17) is 5.73 Å². The molecule has 8 heteroatoms. The molecule has 2 aliphatic rings. The summed E-state index contributed by atoms with van der Waals surface area (Å²) in [5, 5.41) is 7.05. The Morgan fingerprint density at radius 2 is 2.07 bits per heavy atom. The van der Waals surface area contributed by atoms with E-state index < -0.39 is 0 Å². The van der Waals surface area contributed by atoms with Crippen LogP contribution in [0.15, 0.2) is 33.7 Å². The van der Waals surface area contributed by atoms with Gasteiger partial charge in [0.1, 0.15) is 0 Å². The van der Waals surface area contributed by atoms with Gasteiger partial charge in [0.15, 0.2) is 5.96 Å². The molecular formula is C19H29BrIN5O. The molecule has 4 N–H and O–H groups in total. The van der Waals surface area contributed by atoms with Crippen LogP contribution in [0.3, 0.4) is 0 Å². The first-order valence-electron chi connectivity index (χ1n) is 9.25. The van der Waals surface area contributed by atoms with Crippen molar-refractivity contribution in [2.75, 3.05) is 33.2 Å². The number of halogens is 2. The summed E-state index contributed by atoms with van der Waals surface area (Å²) in [5.74, 6) is 0.607. The first-order valence-corrected chi connectivity index (χ1v) is 10.0. The summed E-state index contributed by atoms with van der Waals surface area (Å²) in [6.07, 6.45) is 4.40. The second-order valence-corrected chi connectivity index (χ2v) is 8.29. The molecule has 1 aromatic rings. The molecule has 1 saturated heterocycles. The summed E-state index contributed by atoms with van der Waals surface area (Å²) in [7, 11) is 1.82. The second kappa shape index (κ2) is 10.1. The number of piperidine rings is 1. The highest BCUT2D eigenvalue weighted by Crippen LogP contribution is 2.48. The number of rotatable bonds is 6. The standard InChI is InChI=1S/C19H28BrN5O.HI/c1-22-18(24-16-5-9-25(10-6-16)12-17(21)26)23-13-19(7-8-19)14-3-2-4-15(20)11-14;/h2-4,11,16H,5-10,12-13H2,1H3,(H2,21,26)(H2,22,23,24);1H. The number of nitrogens with one attached hydrogen (secondary N) is 2. The molecule has 1 heterocycles. The second-order valence-electron chi connectivity index (χ2n) is 7.38. The monoisotopic (exact) mass is 549 g/mol. The number of guanidine groups is 1. The fourth-order valence-corrected chi connectivity index (χ4v) is 4.03. The van der Waals surface area contributed by atoms with Gasteiger partial charge in [-0.1, -0.05) is 28.1 Å². The molecule has 1 aliphatic heterocycles. The quantitative estimate of drug-likeness (QED) is 0.289. The van der Waals surface area contributed by atoms with Crippen LogP contribution in [0.5, 0.6) is 0 Å². The number of carbonyl (C=O) groups is 1. The third-order valence-electron chi connectivity index (χ3n) is 5.42. The Hall–Kier alpha value is -0.870. The van der Waals surface area contributed by atoms with Crippen molar-refractivity contribution in [3.63, 3.8) is 0 Å². The van der Waals surface area contributed by atoms with Crippen LogP contribution < -0.4 is 16.4 Å². The number of nitrogens with zero attached hydrogens (tertiary/aromatic N) is 2. The van der Waals surface area contributed by atoms with E-state index >= 15 is 0 Å². The van der Waals surface area contributed by atoms with Crippen LogP contribution in [0.2, 0.25) is 0 Å². The van der Waals surface area contributed by atoms with Gasteiger partial charge in [0.25, 0.3) is 0 Å². The molecule has 1 aromatic carbocycles. The Labute approximate surface area is 186 Å². The number of hydrogen-bond donors (Lipinski definition) is 3. The van der Waals surface area contributed by atoms with E-state index in [1.54, 1.807) is 0 Å². The predicted molar refractivity (Wildman–Crippen MR) is 124 cm³/mol. The maximum absolute atomic E-state index is 11.0. The van der Waals surface area contributed by atoms with E-state index in [0.29, 0.717) is 12.6 Å². The summed E-state index contributed by atoms with van der Waals surface area (Å²) in [6, 6.07) is 8.99. The SMILES string of the molecule is CN=C(NCC1(c2cccc(Br)c2)CC1)NC1CCN(CC(N)=O)CC1.I. The molecule has 0 radical (unpaired) electrons. The largest absolute Gasteiger partial charge is 0.369 e. The van der Waals surface area contributed by atoms with E-state index in [9.17, 15) is 4.79 Å². The van der Waals surface area contributed by atoms with Gasteiger partial charge in [-0.25, -0.2) is 0 Å². The van der Waals surface area contributed by atoms with Gasteiger partial charge in [-0.3, -0.25) is 14.7 Å². The Morgan fingerprint density at radius 1 is 1.37 bits per heavy atom. The zero-order valence-electron chi connectivity index (χ0n) is 15.7. The fourth-order valence-electron chi connectivity index (χ4n) is 3.63. The summed E-state index contributed by atoms with van der Waals surface area (Å²) in [4.78, 5) is 17.5. The van der Waals surface area contributed by atoms with Gasteiger partial charge in [0.2, 0.25) is 5.91 Å². The zero-order chi connectivity index (χ0) is 18.6. The van der Waals surface area contributed by atoms with Crippen LogP contribution in [-0.2, 0) is 10.2 Å². The van der Waals surface area contributed by atoms with E-state index in [1.165, 1.54) is 18.4 Å². The number of hydrogen-bond acceptors (Lipinski definition) is 3. The highest BCUT2D eigenvalue weighted by atomic mass is 127. The number of carbonyl (C=O) groups excluding carboxylic acids is 1. The molecule has 0 spiro atoms. The molecular weight excluding hydrogens is 521 g/mol. The van der Waals surface area contributed by atoms with Crippen LogP contribution >= 0.6 is 39.9 Å². The van der Waals surface area contributed by atoms with Gasteiger partial charge in [0, 0.05) is 42.6 Å². The van der Waals surface area contributed by atoms with Crippen molar-refractivity contribution in [1.82, 2.24) is 15.5 Å². The van der Waals surface area contributed by atoms with Crippen molar-refractivity contribution in [2.24, 2.45) is 10.7 Å². The third kappa shape index (κ3) is 6.32. The first-order chi connectivity index (χ1) is 12.5. The van der Waals surface area contributed by atoms with Crippen molar-refractivity contribution >= 4 is 51.8 Å². The van der Waals surface area contributed by atoms with Crippen LogP contribution in [0.25, 0.3) is 0 Å². The van der Waals surface area contributed by atoms with Crippen molar-refractivity contribution in [2.45, 2.75) is 37.1 Å². The number of likely N-dealkylation sites (tertiary alicyclic amines) is 1. The average Bonchev–Trinajstić information content (AvgIpc) is 3.41. The maximum Gasteiger partial charge on any atom is 0.231 e. The minimum atomic E-state index is -0.254. The number of amides is 1. The summed E-state index contributed by atoms with van der Waals surface area (Å²) >= 11 is 3.57. The molecule has 1 saturated carbocycles. The molecule has 27 heavy (non-hydrogen) atoms. The molecule has 3 rings (SSSR count). The third-order valence-corrected chi connectivity index (χ3v) is 5.91. The van der Waals surface area contributed by atoms with Gasteiger partial charge in [-0.05, 0) is 43.4 Å². The molecule has 2 fully saturated rings. The first kappa shape index (κ1) is 22.4. The highest BCUT2D eigenvalue weighted by molar-refractivity contribution is 14.0. The Kier molecular flexibility index (Phi) is 8.36. The molecule has 1 amide bonds. The van der Waals surface area contributed by atoms with Crippen LogP contribution in [0, 0.1) is 0 Å².